The molecular weight excluding hydrogens is 326 g/mol. The van der Waals surface area contributed by atoms with Crippen molar-refractivity contribution >= 4 is 23.2 Å². The highest BCUT2D eigenvalue weighted by Crippen LogP contribution is 2.51. The zero-order chi connectivity index (χ0) is 16.9. The Labute approximate surface area is 144 Å². The summed E-state index contributed by atoms with van der Waals surface area (Å²) in [5.74, 6) is -0.831. The Morgan fingerprint density at radius 3 is 3.17 bits per heavy atom. The van der Waals surface area contributed by atoms with E-state index >= 15 is 0 Å². The number of aryl methyl sites for hydroxylation is 2. The van der Waals surface area contributed by atoms with Crippen molar-refractivity contribution in [1.82, 2.24) is 15.2 Å². The van der Waals surface area contributed by atoms with E-state index in [0.717, 1.165) is 18.5 Å². The second kappa shape index (κ2) is 5.67. The molecule has 1 aromatic rings. The van der Waals surface area contributed by atoms with E-state index < -0.39 is 11.5 Å². The van der Waals surface area contributed by atoms with E-state index in [9.17, 15) is 9.59 Å². The van der Waals surface area contributed by atoms with E-state index in [2.05, 4.69) is 10.3 Å². The van der Waals surface area contributed by atoms with E-state index in [1.165, 1.54) is 4.88 Å². The fourth-order valence-corrected chi connectivity index (χ4v) is 4.96. The van der Waals surface area contributed by atoms with Gasteiger partial charge in [-0.2, -0.15) is 0 Å². The number of carbonyl (C=O) groups is 2. The standard InChI is InChI=1S/C17H21N3O3S/c1-10-12(24-9-19-10)4-3-7-18-15(21)13-11-5-6-17(23-11)8-20(2)16(22)14(13)17/h5-6,9,11,13-14H,3-4,7-8H2,1-2H3,(H,18,21)/t11-,13-,14+,17-/m0/s1. The van der Waals surface area contributed by atoms with Crippen LogP contribution in [0.1, 0.15) is 17.0 Å². The first kappa shape index (κ1) is 15.8. The van der Waals surface area contributed by atoms with Gasteiger partial charge in [0.25, 0.3) is 0 Å². The van der Waals surface area contributed by atoms with Crippen LogP contribution in [0.5, 0.6) is 0 Å². The Morgan fingerprint density at radius 2 is 2.42 bits per heavy atom. The molecule has 0 saturated carbocycles. The summed E-state index contributed by atoms with van der Waals surface area (Å²) in [6, 6.07) is 0. The molecule has 4 heterocycles. The van der Waals surface area contributed by atoms with Crippen molar-refractivity contribution in [2.45, 2.75) is 31.5 Å². The molecule has 2 bridgehead atoms. The molecule has 24 heavy (non-hydrogen) atoms. The number of thiazole rings is 1. The van der Waals surface area contributed by atoms with Gasteiger partial charge in [0.1, 0.15) is 5.60 Å². The van der Waals surface area contributed by atoms with Crippen LogP contribution in [0.2, 0.25) is 0 Å². The minimum Gasteiger partial charge on any atom is -0.360 e. The lowest BCUT2D eigenvalue weighted by Crippen LogP contribution is -2.44. The summed E-state index contributed by atoms with van der Waals surface area (Å²) in [4.78, 5) is 32.3. The van der Waals surface area contributed by atoms with E-state index in [1.54, 1.807) is 23.3 Å². The maximum Gasteiger partial charge on any atom is 0.229 e. The molecule has 6 nitrogen and oxygen atoms in total. The predicted molar refractivity (Wildman–Crippen MR) is 89.5 cm³/mol. The van der Waals surface area contributed by atoms with Crippen molar-refractivity contribution in [2.24, 2.45) is 11.8 Å². The zero-order valence-corrected chi connectivity index (χ0v) is 14.6. The van der Waals surface area contributed by atoms with Crippen LogP contribution in [0.4, 0.5) is 0 Å². The summed E-state index contributed by atoms with van der Waals surface area (Å²) in [6.45, 7) is 3.15. The van der Waals surface area contributed by atoms with Crippen molar-refractivity contribution in [3.63, 3.8) is 0 Å². The molecule has 1 N–H and O–H groups in total. The van der Waals surface area contributed by atoms with Gasteiger partial charge in [0, 0.05) is 18.5 Å². The molecule has 0 radical (unpaired) electrons. The Balaban J connectivity index is 1.36. The van der Waals surface area contributed by atoms with Crippen LogP contribution in [-0.4, -0.2) is 53.5 Å². The summed E-state index contributed by atoms with van der Waals surface area (Å²) in [6.07, 6.45) is 5.42. The first-order chi connectivity index (χ1) is 11.5. The molecule has 4 rings (SSSR count). The van der Waals surface area contributed by atoms with Gasteiger partial charge in [0.2, 0.25) is 11.8 Å². The van der Waals surface area contributed by atoms with Gasteiger partial charge in [-0.3, -0.25) is 9.59 Å². The Bertz CT molecular complexity index is 716. The van der Waals surface area contributed by atoms with Crippen LogP contribution < -0.4 is 5.32 Å². The highest BCUT2D eigenvalue weighted by molar-refractivity contribution is 7.09. The zero-order valence-electron chi connectivity index (χ0n) is 13.8. The molecule has 0 aromatic carbocycles. The number of hydrogen-bond donors (Lipinski definition) is 1. The minimum absolute atomic E-state index is 0.0160. The quantitative estimate of drug-likeness (QED) is 0.635. The number of nitrogens with one attached hydrogen (secondary N) is 1. The fraction of sp³-hybridized carbons (Fsp3) is 0.588. The van der Waals surface area contributed by atoms with Gasteiger partial charge in [-0.15, -0.1) is 11.3 Å². The maximum atomic E-state index is 12.6. The van der Waals surface area contributed by atoms with Crippen molar-refractivity contribution in [1.29, 1.82) is 0 Å². The monoisotopic (exact) mass is 347 g/mol. The number of fused-ring (bicyclic) bond motifs is 1. The van der Waals surface area contributed by atoms with Gasteiger partial charge in [-0.05, 0) is 19.8 Å². The molecule has 2 amide bonds. The van der Waals surface area contributed by atoms with Gasteiger partial charge in [0.15, 0.2) is 0 Å². The van der Waals surface area contributed by atoms with Crippen LogP contribution in [0.25, 0.3) is 0 Å². The molecule has 0 unspecified atom stereocenters. The average Bonchev–Trinajstić information content (AvgIpc) is 3.27. The molecule has 7 heteroatoms. The van der Waals surface area contributed by atoms with Gasteiger partial charge in [-0.1, -0.05) is 12.2 Å². The molecular formula is C17H21N3O3S. The maximum absolute atomic E-state index is 12.6. The summed E-state index contributed by atoms with van der Waals surface area (Å²) >= 11 is 1.65. The molecule has 2 fully saturated rings. The van der Waals surface area contributed by atoms with Gasteiger partial charge >= 0.3 is 0 Å². The third kappa shape index (κ3) is 2.29. The number of likely N-dealkylation sites (N-methyl/N-ethyl adjacent to an activating group) is 1. The molecule has 4 atom stereocenters. The number of aromatic nitrogens is 1. The molecule has 3 aliphatic rings. The topological polar surface area (TPSA) is 71.5 Å². The molecule has 0 aliphatic carbocycles. The second-order valence-electron chi connectivity index (χ2n) is 6.85. The van der Waals surface area contributed by atoms with Crippen molar-refractivity contribution in [3.05, 3.63) is 28.2 Å². The second-order valence-corrected chi connectivity index (χ2v) is 7.79. The van der Waals surface area contributed by atoms with E-state index in [1.807, 2.05) is 24.6 Å². The largest absolute Gasteiger partial charge is 0.360 e. The number of rotatable bonds is 5. The molecule has 128 valence electrons. The first-order valence-electron chi connectivity index (χ1n) is 8.31. The predicted octanol–water partition coefficient (Wildman–Crippen LogP) is 0.912. The lowest BCUT2D eigenvalue weighted by atomic mass is 9.77. The highest BCUT2D eigenvalue weighted by atomic mass is 32.1. The number of likely N-dealkylation sites (tertiary alicyclic amines) is 1. The molecule has 1 spiro atoms. The smallest absolute Gasteiger partial charge is 0.229 e. The molecule has 1 aromatic heterocycles. The summed E-state index contributed by atoms with van der Waals surface area (Å²) in [5.41, 5.74) is 2.33. The Hall–Kier alpha value is -1.73. The number of hydrogen-bond acceptors (Lipinski definition) is 5. The number of nitrogens with zero attached hydrogens (tertiary/aromatic N) is 2. The van der Waals surface area contributed by atoms with Gasteiger partial charge in [0.05, 0.1) is 35.7 Å². The molecule has 3 aliphatic heterocycles. The third-order valence-electron chi connectivity index (χ3n) is 5.32. The van der Waals surface area contributed by atoms with Crippen LogP contribution >= 0.6 is 11.3 Å². The SMILES string of the molecule is Cc1ncsc1CCCNC(=O)[C@H]1[C@@H]2C=C[C@@]3(CN(C)C(=O)[C@@H]13)O2. The summed E-state index contributed by atoms with van der Waals surface area (Å²) < 4.78 is 6.00. The highest BCUT2D eigenvalue weighted by Gasteiger charge is 2.66. The van der Waals surface area contributed by atoms with Crippen LogP contribution in [0.3, 0.4) is 0 Å². The number of carbonyl (C=O) groups excluding carboxylic acids is 2. The van der Waals surface area contributed by atoms with E-state index in [4.69, 9.17) is 4.74 Å². The van der Waals surface area contributed by atoms with Crippen molar-refractivity contribution in [3.8, 4) is 0 Å². The van der Waals surface area contributed by atoms with E-state index in [0.29, 0.717) is 13.1 Å². The van der Waals surface area contributed by atoms with Crippen LogP contribution in [0, 0.1) is 18.8 Å². The van der Waals surface area contributed by atoms with Crippen LogP contribution in [-0.2, 0) is 20.7 Å². The lowest BCUT2D eigenvalue weighted by Gasteiger charge is -2.23. The number of ether oxygens (including phenoxy) is 1. The summed E-state index contributed by atoms with van der Waals surface area (Å²) in [7, 11) is 1.77. The van der Waals surface area contributed by atoms with Crippen molar-refractivity contribution < 1.29 is 14.3 Å². The minimum atomic E-state index is -0.585. The van der Waals surface area contributed by atoms with E-state index in [-0.39, 0.29) is 23.8 Å². The normalized spacial score (nSPS) is 33.3. The Kier molecular flexibility index (Phi) is 3.73. The molecule has 2 saturated heterocycles. The third-order valence-corrected chi connectivity index (χ3v) is 6.31. The first-order valence-corrected chi connectivity index (χ1v) is 9.19. The summed E-state index contributed by atoms with van der Waals surface area (Å²) in [5, 5.41) is 3.00. The Morgan fingerprint density at radius 1 is 1.58 bits per heavy atom. The average molecular weight is 347 g/mol. The van der Waals surface area contributed by atoms with Crippen molar-refractivity contribution in [2.75, 3.05) is 20.1 Å². The number of amides is 2. The van der Waals surface area contributed by atoms with Gasteiger partial charge < -0.3 is 15.0 Å². The lowest BCUT2D eigenvalue weighted by molar-refractivity contribution is -0.136. The fourth-order valence-electron chi connectivity index (χ4n) is 4.14. The van der Waals surface area contributed by atoms with Crippen LogP contribution in [0.15, 0.2) is 17.7 Å². The van der Waals surface area contributed by atoms with Gasteiger partial charge in [-0.25, -0.2) is 4.98 Å².